The molecule has 0 spiro atoms. The third-order valence-electron chi connectivity index (χ3n) is 5.55. The molecule has 4 rings (SSSR count). The lowest BCUT2D eigenvalue weighted by atomic mass is 9.90. The third kappa shape index (κ3) is 3.08. The standard InChI is InChI=1S/C20H26N2O/c1-4-9-22(10-5-1)20(16-21-14-17-8-11-23-15-17)12-18-6-2-3-7-19(18)13-20/h2-3,6-8,11,15,21H,1,4-5,9-10,12-14,16H2. The van der Waals surface area contributed by atoms with Gasteiger partial charge in [0.05, 0.1) is 12.5 Å². The van der Waals surface area contributed by atoms with Gasteiger partial charge < -0.3 is 9.73 Å². The van der Waals surface area contributed by atoms with Crippen LogP contribution < -0.4 is 5.32 Å². The lowest BCUT2D eigenvalue weighted by Gasteiger charge is -2.44. The molecule has 0 atom stereocenters. The van der Waals surface area contributed by atoms with Crippen LogP contribution in [0.4, 0.5) is 0 Å². The van der Waals surface area contributed by atoms with Crippen LogP contribution in [0, 0.1) is 0 Å². The summed E-state index contributed by atoms with van der Waals surface area (Å²) in [6.45, 7) is 4.44. The van der Waals surface area contributed by atoms with Crippen molar-refractivity contribution in [2.75, 3.05) is 19.6 Å². The lowest BCUT2D eigenvalue weighted by Crippen LogP contribution is -2.57. The summed E-state index contributed by atoms with van der Waals surface area (Å²) in [6, 6.07) is 11.0. The highest BCUT2D eigenvalue weighted by Gasteiger charge is 2.41. The van der Waals surface area contributed by atoms with Crippen LogP contribution in [0.5, 0.6) is 0 Å². The number of furan rings is 1. The van der Waals surface area contributed by atoms with Gasteiger partial charge in [0.1, 0.15) is 0 Å². The summed E-state index contributed by atoms with van der Waals surface area (Å²) in [6.07, 6.45) is 10.0. The summed E-state index contributed by atoms with van der Waals surface area (Å²) >= 11 is 0. The molecule has 1 aromatic heterocycles. The number of hydrogen-bond donors (Lipinski definition) is 1. The minimum atomic E-state index is 0.258. The van der Waals surface area contributed by atoms with Crippen molar-refractivity contribution in [3.8, 4) is 0 Å². The Morgan fingerprint density at radius 2 is 1.74 bits per heavy atom. The van der Waals surface area contributed by atoms with Crippen LogP contribution >= 0.6 is 0 Å². The Morgan fingerprint density at radius 3 is 2.39 bits per heavy atom. The van der Waals surface area contributed by atoms with Gasteiger partial charge in [-0.05, 0) is 56.0 Å². The van der Waals surface area contributed by atoms with Crippen molar-refractivity contribution in [3.63, 3.8) is 0 Å². The van der Waals surface area contributed by atoms with Gasteiger partial charge in [0.2, 0.25) is 0 Å². The van der Waals surface area contributed by atoms with Gasteiger partial charge in [0.25, 0.3) is 0 Å². The Bertz CT molecular complexity index is 604. The molecule has 23 heavy (non-hydrogen) atoms. The summed E-state index contributed by atoms with van der Waals surface area (Å²) in [5.74, 6) is 0. The quantitative estimate of drug-likeness (QED) is 0.917. The van der Waals surface area contributed by atoms with Crippen molar-refractivity contribution < 1.29 is 4.42 Å². The van der Waals surface area contributed by atoms with Crippen LogP contribution in [0.25, 0.3) is 0 Å². The van der Waals surface area contributed by atoms with Crippen molar-refractivity contribution >= 4 is 0 Å². The molecule has 0 radical (unpaired) electrons. The highest BCUT2D eigenvalue weighted by atomic mass is 16.3. The molecule has 1 saturated heterocycles. The Morgan fingerprint density at radius 1 is 1.00 bits per heavy atom. The number of hydrogen-bond acceptors (Lipinski definition) is 3. The van der Waals surface area contributed by atoms with Gasteiger partial charge >= 0.3 is 0 Å². The SMILES string of the molecule is c1ccc2c(c1)CC(CNCc1ccoc1)(N1CCCCC1)C2. The second-order valence-corrected chi connectivity index (χ2v) is 7.13. The first-order valence-electron chi connectivity index (χ1n) is 8.89. The van der Waals surface area contributed by atoms with Crippen molar-refractivity contribution in [1.29, 1.82) is 0 Å². The zero-order valence-electron chi connectivity index (χ0n) is 13.8. The van der Waals surface area contributed by atoms with E-state index in [9.17, 15) is 0 Å². The topological polar surface area (TPSA) is 28.4 Å². The molecule has 2 heterocycles. The number of nitrogens with one attached hydrogen (secondary N) is 1. The Labute approximate surface area is 138 Å². The fourth-order valence-corrected chi connectivity index (χ4v) is 4.34. The number of piperidine rings is 1. The van der Waals surface area contributed by atoms with Crippen molar-refractivity contribution in [2.45, 2.75) is 44.2 Å². The first-order valence-corrected chi connectivity index (χ1v) is 8.89. The molecule has 1 aliphatic carbocycles. The first-order chi connectivity index (χ1) is 11.4. The second kappa shape index (κ2) is 6.50. The van der Waals surface area contributed by atoms with Crippen LogP contribution in [0.3, 0.4) is 0 Å². The number of benzene rings is 1. The van der Waals surface area contributed by atoms with E-state index in [1.54, 1.807) is 17.4 Å². The maximum Gasteiger partial charge on any atom is 0.0947 e. The largest absolute Gasteiger partial charge is 0.472 e. The summed E-state index contributed by atoms with van der Waals surface area (Å²) in [5, 5.41) is 3.70. The first kappa shape index (κ1) is 15.0. The number of nitrogens with zero attached hydrogens (tertiary/aromatic N) is 1. The summed E-state index contributed by atoms with van der Waals surface area (Å²) in [4.78, 5) is 2.76. The number of fused-ring (bicyclic) bond motifs is 1. The molecule has 0 bridgehead atoms. The Balaban J connectivity index is 1.50. The summed E-state index contributed by atoms with van der Waals surface area (Å²) < 4.78 is 5.18. The fourth-order valence-electron chi connectivity index (χ4n) is 4.34. The van der Waals surface area contributed by atoms with Crippen LogP contribution in [0.2, 0.25) is 0 Å². The van der Waals surface area contributed by atoms with Crippen LogP contribution in [0.1, 0.15) is 36.0 Å². The Hall–Kier alpha value is -1.58. The molecule has 0 amide bonds. The number of likely N-dealkylation sites (tertiary alicyclic amines) is 1. The van der Waals surface area contributed by atoms with Gasteiger partial charge in [-0.25, -0.2) is 0 Å². The lowest BCUT2D eigenvalue weighted by molar-refractivity contribution is 0.0724. The third-order valence-corrected chi connectivity index (χ3v) is 5.55. The van der Waals surface area contributed by atoms with E-state index in [4.69, 9.17) is 4.42 Å². The minimum absolute atomic E-state index is 0.258. The van der Waals surface area contributed by atoms with Gasteiger partial charge in [-0.3, -0.25) is 4.90 Å². The van der Waals surface area contributed by atoms with Gasteiger partial charge in [-0.15, -0.1) is 0 Å². The van der Waals surface area contributed by atoms with E-state index < -0.39 is 0 Å². The van der Waals surface area contributed by atoms with Crippen LogP contribution in [-0.2, 0) is 19.4 Å². The zero-order chi connectivity index (χ0) is 15.5. The van der Waals surface area contributed by atoms with E-state index in [0.29, 0.717) is 0 Å². The molecule has 2 aromatic rings. The highest BCUT2D eigenvalue weighted by molar-refractivity contribution is 5.37. The maximum absolute atomic E-state index is 5.18. The van der Waals surface area contributed by atoms with E-state index in [1.807, 2.05) is 12.3 Å². The average molecular weight is 310 g/mol. The highest BCUT2D eigenvalue weighted by Crippen LogP contribution is 2.36. The molecule has 0 unspecified atom stereocenters. The molecule has 122 valence electrons. The van der Waals surface area contributed by atoms with Gasteiger partial charge in [0, 0.05) is 24.2 Å². The van der Waals surface area contributed by atoms with Gasteiger partial charge in [0.15, 0.2) is 0 Å². The van der Waals surface area contributed by atoms with E-state index in [1.165, 1.54) is 50.8 Å². The monoisotopic (exact) mass is 310 g/mol. The smallest absolute Gasteiger partial charge is 0.0947 e. The zero-order valence-corrected chi connectivity index (χ0v) is 13.8. The number of rotatable bonds is 5. The van der Waals surface area contributed by atoms with Crippen LogP contribution in [0.15, 0.2) is 47.3 Å². The normalized spacial score (nSPS) is 20.5. The second-order valence-electron chi connectivity index (χ2n) is 7.13. The van der Waals surface area contributed by atoms with E-state index in [0.717, 1.165) is 13.1 Å². The molecule has 1 N–H and O–H groups in total. The molecular weight excluding hydrogens is 284 g/mol. The van der Waals surface area contributed by atoms with E-state index >= 15 is 0 Å². The minimum Gasteiger partial charge on any atom is -0.472 e. The van der Waals surface area contributed by atoms with Crippen LogP contribution in [-0.4, -0.2) is 30.1 Å². The van der Waals surface area contributed by atoms with Gasteiger partial charge in [-0.1, -0.05) is 30.7 Å². The predicted octanol–water partition coefficient (Wildman–Crippen LogP) is 3.39. The van der Waals surface area contributed by atoms with Gasteiger partial charge in [-0.2, -0.15) is 0 Å². The average Bonchev–Trinajstić information content (AvgIpc) is 3.23. The van der Waals surface area contributed by atoms with Crippen molar-refractivity contribution in [2.24, 2.45) is 0 Å². The molecule has 1 fully saturated rings. The van der Waals surface area contributed by atoms with E-state index in [2.05, 4.69) is 34.5 Å². The Kier molecular flexibility index (Phi) is 4.23. The van der Waals surface area contributed by atoms with Crippen molar-refractivity contribution in [3.05, 3.63) is 59.5 Å². The predicted molar refractivity (Wildman–Crippen MR) is 92.4 cm³/mol. The molecule has 2 aliphatic rings. The summed E-state index contributed by atoms with van der Waals surface area (Å²) in [5.41, 5.74) is 4.58. The molecule has 3 heteroatoms. The maximum atomic E-state index is 5.18. The molecular formula is C20H26N2O. The molecule has 1 aliphatic heterocycles. The summed E-state index contributed by atoms with van der Waals surface area (Å²) in [7, 11) is 0. The van der Waals surface area contributed by atoms with Crippen molar-refractivity contribution in [1.82, 2.24) is 10.2 Å². The molecule has 1 aromatic carbocycles. The molecule has 0 saturated carbocycles. The fraction of sp³-hybridized carbons (Fsp3) is 0.500. The van der Waals surface area contributed by atoms with E-state index in [-0.39, 0.29) is 5.54 Å². The molecule has 3 nitrogen and oxygen atoms in total.